The number of carbonyl (C=O) groups is 1. The highest BCUT2D eigenvalue weighted by molar-refractivity contribution is 5.81. The number of rotatable bonds is 4. The van der Waals surface area contributed by atoms with Crippen molar-refractivity contribution >= 4 is 16.9 Å². The molecule has 1 fully saturated rings. The second-order valence-electron chi connectivity index (χ2n) is 6.49. The molecular formula is C17H20N6O3. The minimum atomic E-state index is -0.199. The van der Waals surface area contributed by atoms with Gasteiger partial charge in [-0.15, -0.1) is 0 Å². The van der Waals surface area contributed by atoms with Crippen LogP contribution in [0.15, 0.2) is 35.3 Å². The molecule has 9 nitrogen and oxygen atoms in total. The van der Waals surface area contributed by atoms with Gasteiger partial charge in [0.15, 0.2) is 0 Å². The number of methoxy groups -OCH3 is 1. The first kappa shape index (κ1) is 16.5. The van der Waals surface area contributed by atoms with Crippen LogP contribution < -0.4 is 5.69 Å². The Bertz CT molecular complexity index is 990. The largest absolute Gasteiger partial charge is 0.379 e. The van der Waals surface area contributed by atoms with Crippen molar-refractivity contribution in [2.75, 3.05) is 20.2 Å². The first-order chi connectivity index (χ1) is 12.6. The predicted octanol–water partition coefficient (Wildman–Crippen LogP) is 0.0991. The van der Waals surface area contributed by atoms with Gasteiger partial charge in [0.1, 0.15) is 6.54 Å². The second kappa shape index (κ2) is 6.41. The molecule has 3 aromatic rings. The number of ether oxygens (including phenoxy) is 1. The summed E-state index contributed by atoms with van der Waals surface area (Å²) < 4.78 is 8.60. The Morgan fingerprint density at radius 2 is 2.08 bits per heavy atom. The second-order valence-corrected chi connectivity index (χ2v) is 6.49. The van der Waals surface area contributed by atoms with Gasteiger partial charge in [-0.2, -0.15) is 15.4 Å². The van der Waals surface area contributed by atoms with E-state index in [1.54, 1.807) is 29.8 Å². The maximum absolute atomic E-state index is 12.9. The number of aromatic nitrogens is 5. The molecule has 1 aromatic carbocycles. The summed E-state index contributed by atoms with van der Waals surface area (Å²) in [5.74, 6) is -0.150. The zero-order valence-electron chi connectivity index (χ0n) is 14.6. The summed E-state index contributed by atoms with van der Waals surface area (Å²) in [6, 6.07) is 7.46. The number of likely N-dealkylation sites (tertiary alicyclic amines) is 1. The number of benzene rings is 1. The monoisotopic (exact) mass is 356 g/mol. The molecule has 2 aromatic heterocycles. The summed E-state index contributed by atoms with van der Waals surface area (Å²) in [5.41, 5.74) is 2.13. The van der Waals surface area contributed by atoms with Crippen molar-refractivity contribution < 1.29 is 9.53 Å². The van der Waals surface area contributed by atoms with E-state index in [0.29, 0.717) is 13.1 Å². The van der Waals surface area contributed by atoms with Crippen molar-refractivity contribution in [3.8, 4) is 0 Å². The predicted molar refractivity (Wildman–Crippen MR) is 93.7 cm³/mol. The summed E-state index contributed by atoms with van der Waals surface area (Å²) >= 11 is 0. The Labute approximate surface area is 149 Å². The number of hydrogen-bond acceptors (Lipinski definition) is 5. The number of aryl methyl sites for hydroxylation is 1. The average molecular weight is 356 g/mol. The van der Waals surface area contributed by atoms with E-state index in [0.717, 1.165) is 16.7 Å². The lowest BCUT2D eigenvalue weighted by atomic mass is 10.0. The van der Waals surface area contributed by atoms with Crippen molar-refractivity contribution in [3.63, 3.8) is 0 Å². The van der Waals surface area contributed by atoms with Crippen LogP contribution in [-0.2, 0) is 23.1 Å². The SMILES string of the molecule is CO[C@@H]1CN(C(=O)Cn2c(=O)n(C)c3ccccc32)C[C@H]1c1cn[nH]n1. The van der Waals surface area contributed by atoms with Crippen LogP contribution in [0.4, 0.5) is 0 Å². The number of aromatic amines is 1. The number of imidazole rings is 1. The molecule has 4 rings (SSSR count). The number of carbonyl (C=O) groups excluding carboxylic acids is 1. The number of H-pyrrole nitrogens is 1. The first-order valence-electron chi connectivity index (χ1n) is 8.40. The van der Waals surface area contributed by atoms with Gasteiger partial charge in [-0.1, -0.05) is 12.1 Å². The molecule has 0 saturated carbocycles. The van der Waals surface area contributed by atoms with E-state index < -0.39 is 0 Å². The van der Waals surface area contributed by atoms with E-state index in [-0.39, 0.29) is 30.2 Å². The van der Waals surface area contributed by atoms with Crippen LogP contribution in [0.2, 0.25) is 0 Å². The molecular weight excluding hydrogens is 336 g/mol. The minimum absolute atomic E-state index is 0.00214. The van der Waals surface area contributed by atoms with Gasteiger partial charge in [0.25, 0.3) is 0 Å². The Morgan fingerprint density at radius 1 is 1.31 bits per heavy atom. The van der Waals surface area contributed by atoms with Crippen LogP contribution in [0.25, 0.3) is 11.0 Å². The van der Waals surface area contributed by atoms with Crippen LogP contribution in [0.3, 0.4) is 0 Å². The smallest absolute Gasteiger partial charge is 0.329 e. The standard InChI is InChI=1S/C17H20N6O3/c1-21-13-5-3-4-6-14(13)23(17(21)25)10-16(24)22-8-11(15(9-22)26-2)12-7-18-20-19-12/h3-7,11,15H,8-10H2,1-2H3,(H,18,19,20)/t11-,15+/m0/s1. The molecule has 0 bridgehead atoms. The summed E-state index contributed by atoms with van der Waals surface area (Å²) in [6.45, 7) is 0.956. The van der Waals surface area contributed by atoms with Crippen LogP contribution >= 0.6 is 0 Å². The Kier molecular flexibility index (Phi) is 4.08. The normalized spacial score (nSPS) is 20.2. The van der Waals surface area contributed by atoms with E-state index in [1.165, 1.54) is 4.57 Å². The maximum atomic E-state index is 12.9. The van der Waals surface area contributed by atoms with E-state index >= 15 is 0 Å². The molecule has 2 atom stereocenters. The van der Waals surface area contributed by atoms with E-state index in [1.807, 2.05) is 24.3 Å². The molecule has 1 aliphatic rings. The highest BCUT2D eigenvalue weighted by Crippen LogP contribution is 2.28. The van der Waals surface area contributed by atoms with Crippen molar-refractivity contribution in [1.82, 2.24) is 29.4 Å². The van der Waals surface area contributed by atoms with E-state index in [4.69, 9.17) is 4.74 Å². The third-order valence-corrected chi connectivity index (χ3v) is 5.08. The number of nitrogens with one attached hydrogen (secondary N) is 1. The molecule has 1 N–H and O–H groups in total. The molecule has 0 aliphatic carbocycles. The molecule has 0 unspecified atom stereocenters. The molecule has 26 heavy (non-hydrogen) atoms. The van der Waals surface area contributed by atoms with Gasteiger partial charge in [-0.25, -0.2) is 4.79 Å². The fraction of sp³-hybridized carbons (Fsp3) is 0.412. The fourth-order valence-electron chi connectivity index (χ4n) is 3.64. The molecule has 1 saturated heterocycles. The summed E-state index contributed by atoms with van der Waals surface area (Å²) in [4.78, 5) is 27.1. The summed E-state index contributed by atoms with van der Waals surface area (Å²) in [6.07, 6.45) is 1.51. The third kappa shape index (κ3) is 2.60. The zero-order valence-corrected chi connectivity index (χ0v) is 14.6. The van der Waals surface area contributed by atoms with Gasteiger partial charge in [-0.05, 0) is 12.1 Å². The van der Waals surface area contributed by atoms with Crippen molar-refractivity contribution in [2.45, 2.75) is 18.6 Å². The highest BCUT2D eigenvalue weighted by Gasteiger charge is 2.37. The van der Waals surface area contributed by atoms with Crippen LogP contribution in [0.1, 0.15) is 11.6 Å². The number of para-hydroxylation sites is 2. The lowest BCUT2D eigenvalue weighted by molar-refractivity contribution is -0.131. The van der Waals surface area contributed by atoms with Crippen LogP contribution in [-0.4, -0.2) is 61.7 Å². The molecule has 9 heteroatoms. The van der Waals surface area contributed by atoms with Crippen molar-refractivity contribution in [3.05, 3.63) is 46.6 Å². The zero-order chi connectivity index (χ0) is 18.3. The topological polar surface area (TPSA) is 98.0 Å². The van der Waals surface area contributed by atoms with Gasteiger partial charge in [0.2, 0.25) is 5.91 Å². The quantitative estimate of drug-likeness (QED) is 0.715. The number of hydrogen-bond donors (Lipinski definition) is 1. The van der Waals surface area contributed by atoms with Gasteiger partial charge >= 0.3 is 5.69 Å². The lowest BCUT2D eigenvalue weighted by Crippen LogP contribution is -2.36. The van der Waals surface area contributed by atoms with Crippen LogP contribution in [0.5, 0.6) is 0 Å². The third-order valence-electron chi connectivity index (χ3n) is 5.08. The van der Waals surface area contributed by atoms with Gasteiger partial charge in [-0.3, -0.25) is 13.9 Å². The van der Waals surface area contributed by atoms with Gasteiger partial charge in [0, 0.05) is 27.2 Å². The van der Waals surface area contributed by atoms with Crippen molar-refractivity contribution in [2.24, 2.45) is 7.05 Å². The highest BCUT2D eigenvalue weighted by atomic mass is 16.5. The lowest BCUT2D eigenvalue weighted by Gasteiger charge is -2.16. The molecule has 0 radical (unpaired) electrons. The molecule has 1 aliphatic heterocycles. The number of amides is 1. The average Bonchev–Trinajstić information content (AvgIpc) is 3.37. The van der Waals surface area contributed by atoms with Crippen LogP contribution in [0, 0.1) is 0 Å². The van der Waals surface area contributed by atoms with E-state index in [2.05, 4.69) is 15.4 Å². The first-order valence-corrected chi connectivity index (χ1v) is 8.40. The Balaban J connectivity index is 1.58. The maximum Gasteiger partial charge on any atom is 0.329 e. The van der Waals surface area contributed by atoms with E-state index in [9.17, 15) is 9.59 Å². The molecule has 1 amide bonds. The molecule has 0 spiro atoms. The Hall–Kier alpha value is -2.94. The molecule has 136 valence electrons. The number of nitrogens with zero attached hydrogens (tertiary/aromatic N) is 5. The Morgan fingerprint density at radius 3 is 2.77 bits per heavy atom. The minimum Gasteiger partial charge on any atom is -0.379 e. The van der Waals surface area contributed by atoms with Crippen molar-refractivity contribution in [1.29, 1.82) is 0 Å². The summed E-state index contributed by atoms with van der Waals surface area (Å²) in [5, 5.41) is 10.6. The molecule has 3 heterocycles. The van der Waals surface area contributed by atoms with Gasteiger partial charge in [0.05, 0.1) is 34.9 Å². The fourth-order valence-corrected chi connectivity index (χ4v) is 3.64. The van der Waals surface area contributed by atoms with Gasteiger partial charge < -0.3 is 9.64 Å². The summed E-state index contributed by atoms with van der Waals surface area (Å²) in [7, 11) is 3.34. The number of fused-ring (bicyclic) bond motifs is 1.